The Morgan fingerprint density at radius 1 is 1.47 bits per heavy atom. The summed E-state index contributed by atoms with van der Waals surface area (Å²) in [5.41, 5.74) is 1.61. The lowest BCUT2D eigenvalue weighted by Crippen LogP contribution is -1.88. The van der Waals surface area contributed by atoms with Crippen LogP contribution in [-0.4, -0.2) is 4.98 Å². The van der Waals surface area contributed by atoms with E-state index in [-0.39, 0.29) is 6.42 Å². The van der Waals surface area contributed by atoms with Gasteiger partial charge in [-0.05, 0) is 18.2 Å². The van der Waals surface area contributed by atoms with Crippen molar-refractivity contribution >= 4 is 38.4 Å². The molecular formula is C11H6BrClN2. The van der Waals surface area contributed by atoms with Gasteiger partial charge in [-0.1, -0.05) is 27.5 Å². The molecule has 0 unspecified atom stereocenters. The Bertz CT molecular complexity index is 560. The van der Waals surface area contributed by atoms with Crippen LogP contribution in [0, 0.1) is 11.3 Å². The molecule has 0 fully saturated rings. The molecule has 0 aliphatic rings. The van der Waals surface area contributed by atoms with E-state index in [1.54, 1.807) is 6.20 Å². The molecule has 1 heterocycles. The van der Waals surface area contributed by atoms with E-state index < -0.39 is 0 Å². The van der Waals surface area contributed by atoms with Gasteiger partial charge in [0.1, 0.15) is 0 Å². The summed E-state index contributed by atoms with van der Waals surface area (Å²) in [6.45, 7) is 0. The first-order chi connectivity index (χ1) is 7.22. The monoisotopic (exact) mass is 280 g/mol. The zero-order valence-corrected chi connectivity index (χ0v) is 10.0. The molecule has 2 rings (SSSR count). The SMILES string of the molecule is N#CCc1cnc2ccc(Br)cc2c1Cl. The van der Waals surface area contributed by atoms with Crippen molar-refractivity contribution in [2.75, 3.05) is 0 Å². The third-order valence-corrected chi connectivity index (χ3v) is 3.05. The zero-order chi connectivity index (χ0) is 10.8. The van der Waals surface area contributed by atoms with Gasteiger partial charge in [0.05, 0.1) is 23.0 Å². The third kappa shape index (κ3) is 1.97. The van der Waals surface area contributed by atoms with Gasteiger partial charge in [-0.3, -0.25) is 4.98 Å². The first kappa shape index (κ1) is 10.4. The maximum atomic E-state index is 8.63. The van der Waals surface area contributed by atoms with Gasteiger partial charge in [0.2, 0.25) is 0 Å². The molecule has 1 aromatic carbocycles. The first-order valence-corrected chi connectivity index (χ1v) is 5.49. The maximum absolute atomic E-state index is 8.63. The number of hydrogen-bond acceptors (Lipinski definition) is 2. The van der Waals surface area contributed by atoms with Crippen LogP contribution in [0.5, 0.6) is 0 Å². The van der Waals surface area contributed by atoms with E-state index in [0.29, 0.717) is 5.02 Å². The highest BCUT2D eigenvalue weighted by molar-refractivity contribution is 9.10. The third-order valence-electron chi connectivity index (χ3n) is 2.11. The number of aromatic nitrogens is 1. The second kappa shape index (κ2) is 4.18. The van der Waals surface area contributed by atoms with Crippen molar-refractivity contribution in [3.8, 4) is 6.07 Å². The summed E-state index contributed by atoms with van der Waals surface area (Å²) in [6, 6.07) is 7.78. The minimum Gasteiger partial charge on any atom is -0.256 e. The summed E-state index contributed by atoms with van der Waals surface area (Å²) in [5, 5.41) is 10.1. The van der Waals surface area contributed by atoms with Crippen molar-refractivity contribution in [3.63, 3.8) is 0 Å². The van der Waals surface area contributed by atoms with E-state index in [1.165, 1.54) is 0 Å². The van der Waals surface area contributed by atoms with E-state index in [4.69, 9.17) is 16.9 Å². The Labute approximate surface area is 101 Å². The van der Waals surface area contributed by atoms with Crippen LogP contribution < -0.4 is 0 Å². The Kier molecular flexibility index (Phi) is 2.90. The average Bonchev–Trinajstić information content (AvgIpc) is 2.23. The smallest absolute Gasteiger partial charge is 0.0717 e. The van der Waals surface area contributed by atoms with Crippen LogP contribution in [0.3, 0.4) is 0 Å². The van der Waals surface area contributed by atoms with E-state index in [9.17, 15) is 0 Å². The molecule has 0 saturated carbocycles. The van der Waals surface area contributed by atoms with Gasteiger partial charge in [-0.2, -0.15) is 5.26 Å². The lowest BCUT2D eigenvalue weighted by molar-refractivity contribution is 1.22. The van der Waals surface area contributed by atoms with Crippen LogP contribution in [-0.2, 0) is 6.42 Å². The molecule has 0 saturated heterocycles. The minimum atomic E-state index is 0.286. The van der Waals surface area contributed by atoms with Crippen LogP contribution in [0.4, 0.5) is 0 Å². The fourth-order valence-electron chi connectivity index (χ4n) is 1.38. The molecule has 0 amide bonds. The molecule has 0 spiro atoms. The second-order valence-electron chi connectivity index (χ2n) is 3.09. The van der Waals surface area contributed by atoms with Crippen molar-refractivity contribution in [2.24, 2.45) is 0 Å². The highest BCUT2D eigenvalue weighted by Crippen LogP contribution is 2.28. The number of nitriles is 1. The molecule has 0 N–H and O–H groups in total. The van der Waals surface area contributed by atoms with Gasteiger partial charge in [0.25, 0.3) is 0 Å². The molecule has 15 heavy (non-hydrogen) atoms. The van der Waals surface area contributed by atoms with Gasteiger partial charge in [0, 0.05) is 21.6 Å². The summed E-state index contributed by atoms with van der Waals surface area (Å²) in [4.78, 5) is 4.25. The molecule has 0 aliphatic heterocycles. The predicted molar refractivity (Wildman–Crippen MR) is 63.8 cm³/mol. The molecular weight excluding hydrogens is 275 g/mol. The van der Waals surface area contributed by atoms with E-state index in [1.807, 2.05) is 18.2 Å². The van der Waals surface area contributed by atoms with Crippen LogP contribution in [0.1, 0.15) is 5.56 Å². The molecule has 74 valence electrons. The summed E-state index contributed by atoms with van der Waals surface area (Å²) >= 11 is 9.56. The standard InChI is InChI=1S/C11H6BrClN2/c12-8-1-2-10-9(5-8)11(13)7(3-4-14)6-15-10/h1-2,5-6H,3H2. The maximum Gasteiger partial charge on any atom is 0.0717 e. The van der Waals surface area contributed by atoms with Crippen LogP contribution in [0.15, 0.2) is 28.9 Å². The van der Waals surface area contributed by atoms with Crippen molar-refractivity contribution in [3.05, 3.63) is 39.5 Å². The average molecular weight is 282 g/mol. The topological polar surface area (TPSA) is 36.7 Å². The van der Waals surface area contributed by atoms with E-state index >= 15 is 0 Å². The van der Waals surface area contributed by atoms with Crippen molar-refractivity contribution < 1.29 is 0 Å². The van der Waals surface area contributed by atoms with E-state index in [0.717, 1.165) is 20.9 Å². The molecule has 0 bridgehead atoms. The summed E-state index contributed by atoms with van der Waals surface area (Å²) in [6.07, 6.45) is 1.94. The fraction of sp³-hybridized carbons (Fsp3) is 0.0909. The van der Waals surface area contributed by atoms with Gasteiger partial charge in [0.15, 0.2) is 0 Å². The molecule has 2 aromatic rings. The fourth-order valence-corrected chi connectivity index (χ4v) is 2.01. The molecule has 0 aliphatic carbocycles. The number of fused-ring (bicyclic) bond motifs is 1. The quantitative estimate of drug-likeness (QED) is 0.799. The van der Waals surface area contributed by atoms with Gasteiger partial charge in [-0.25, -0.2) is 0 Å². The van der Waals surface area contributed by atoms with E-state index in [2.05, 4.69) is 27.0 Å². The predicted octanol–water partition coefficient (Wildman–Crippen LogP) is 3.72. The van der Waals surface area contributed by atoms with Crippen LogP contribution in [0.25, 0.3) is 10.9 Å². The number of rotatable bonds is 1. The molecule has 0 atom stereocenters. The zero-order valence-electron chi connectivity index (χ0n) is 7.67. The Morgan fingerprint density at radius 2 is 2.27 bits per heavy atom. The number of pyridine rings is 1. The number of nitrogens with zero attached hydrogens (tertiary/aromatic N) is 2. The summed E-state index contributed by atoms with van der Waals surface area (Å²) < 4.78 is 0.952. The normalized spacial score (nSPS) is 10.2. The van der Waals surface area contributed by atoms with Crippen LogP contribution >= 0.6 is 27.5 Å². The first-order valence-electron chi connectivity index (χ1n) is 4.32. The molecule has 2 nitrogen and oxygen atoms in total. The summed E-state index contributed by atoms with van der Waals surface area (Å²) in [5.74, 6) is 0. The minimum absolute atomic E-state index is 0.286. The molecule has 1 aromatic heterocycles. The van der Waals surface area contributed by atoms with Crippen molar-refractivity contribution in [1.82, 2.24) is 4.98 Å². The highest BCUT2D eigenvalue weighted by Gasteiger charge is 2.06. The number of halogens is 2. The Hall–Kier alpha value is -1.11. The Morgan fingerprint density at radius 3 is 3.00 bits per heavy atom. The van der Waals surface area contributed by atoms with Gasteiger partial charge >= 0.3 is 0 Å². The molecule has 0 radical (unpaired) electrons. The molecule has 4 heteroatoms. The second-order valence-corrected chi connectivity index (χ2v) is 4.39. The van der Waals surface area contributed by atoms with Crippen molar-refractivity contribution in [1.29, 1.82) is 5.26 Å². The number of hydrogen-bond donors (Lipinski definition) is 0. The van der Waals surface area contributed by atoms with Gasteiger partial charge < -0.3 is 0 Å². The number of benzene rings is 1. The largest absolute Gasteiger partial charge is 0.256 e. The Balaban J connectivity index is 2.72. The lowest BCUT2D eigenvalue weighted by atomic mass is 10.1. The van der Waals surface area contributed by atoms with Gasteiger partial charge in [-0.15, -0.1) is 0 Å². The van der Waals surface area contributed by atoms with Crippen LogP contribution in [0.2, 0.25) is 5.02 Å². The van der Waals surface area contributed by atoms with Crippen molar-refractivity contribution in [2.45, 2.75) is 6.42 Å². The lowest BCUT2D eigenvalue weighted by Gasteiger charge is -2.04. The highest BCUT2D eigenvalue weighted by atomic mass is 79.9. The summed E-state index contributed by atoms with van der Waals surface area (Å²) in [7, 11) is 0.